The van der Waals surface area contributed by atoms with Gasteiger partial charge in [-0.1, -0.05) is 31.2 Å². The molecule has 0 saturated carbocycles. The van der Waals surface area contributed by atoms with Crippen molar-refractivity contribution in [1.29, 1.82) is 5.26 Å². The normalized spacial score (nSPS) is 13.3. The second kappa shape index (κ2) is 8.04. The highest BCUT2D eigenvalue weighted by molar-refractivity contribution is 5.99. The third kappa shape index (κ3) is 4.73. The molecule has 7 heteroatoms. The Labute approximate surface area is 154 Å². The van der Waals surface area contributed by atoms with Crippen molar-refractivity contribution in [2.45, 2.75) is 26.1 Å². The van der Waals surface area contributed by atoms with Crippen molar-refractivity contribution >= 4 is 11.7 Å². The van der Waals surface area contributed by atoms with E-state index in [1.165, 1.54) is 36.4 Å². The van der Waals surface area contributed by atoms with Gasteiger partial charge in [-0.3, -0.25) is 9.59 Å². The van der Waals surface area contributed by atoms with Crippen LogP contribution < -0.4 is 5.32 Å². The molecule has 0 fully saturated rings. The summed E-state index contributed by atoms with van der Waals surface area (Å²) >= 11 is 0. The Balaban J connectivity index is 2.14. The lowest BCUT2D eigenvalue weighted by Gasteiger charge is -2.21. The molecule has 0 heterocycles. The van der Waals surface area contributed by atoms with Crippen molar-refractivity contribution in [3.63, 3.8) is 0 Å². The second-order valence-corrected chi connectivity index (χ2v) is 6.15. The van der Waals surface area contributed by atoms with Gasteiger partial charge in [0.2, 0.25) is 0 Å². The van der Waals surface area contributed by atoms with Gasteiger partial charge in [-0.15, -0.1) is 0 Å². The molecule has 0 aliphatic carbocycles. The fourth-order valence-electron chi connectivity index (χ4n) is 2.54. The minimum Gasteiger partial charge on any atom is -0.349 e. The van der Waals surface area contributed by atoms with Crippen molar-refractivity contribution in [2.24, 2.45) is 5.92 Å². The summed E-state index contributed by atoms with van der Waals surface area (Å²) in [6.07, 6.45) is -4.65. The smallest absolute Gasteiger partial charge is 0.349 e. The number of alkyl halides is 3. The van der Waals surface area contributed by atoms with Crippen LogP contribution in [0.5, 0.6) is 0 Å². The van der Waals surface area contributed by atoms with Crippen LogP contribution in [-0.4, -0.2) is 17.7 Å². The van der Waals surface area contributed by atoms with Gasteiger partial charge < -0.3 is 5.32 Å². The van der Waals surface area contributed by atoms with Crippen molar-refractivity contribution in [2.75, 3.05) is 0 Å². The zero-order chi connectivity index (χ0) is 20.2. The summed E-state index contributed by atoms with van der Waals surface area (Å²) in [7, 11) is 0. The van der Waals surface area contributed by atoms with Gasteiger partial charge in [0, 0.05) is 17.5 Å². The number of carbonyl (C=O) groups is 2. The zero-order valence-corrected chi connectivity index (χ0v) is 14.7. The van der Waals surface area contributed by atoms with E-state index in [9.17, 15) is 22.8 Å². The van der Waals surface area contributed by atoms with Gasteiger partial charge in [0.15, 0.2) is 5.78 Å². The maximum absolute atomic E-state index is 13.1. The number of halogens is 3. The number of amides is 1. The summed E-state index contributed by atoms with van der Waals surface area (Å²) < 4.78 is 39.2. The van der Waals surface area contributed by atoms with E-state index in [2.05, 4.69) is 5.32 Å². The van der Waals surface area contributed by atoms with Crippen LogP contribution >= 0.6 is 0 Å². The molecule has 2 aromatic carbocycles. The van der Waals surface area contributed by atoms with Gasteiger partial charge in [-0.05, 0) is 31.2 Å². The number of nitrogens with zero attached hydrogens (tertiary/aromatic N) is 1. The Kier molecular flexibility index (Phi) is 6.01. The van der Waals surface area contributed by atoms with E-state index in [1.54, 1.807) is 13.8 Å². The van der Waals surface area contributed by atoms with Crippen LogP contribution in [-0.2, 0) is 6.18 Å². The molecule has 2 unspecified atom stereocenters. The topological polar surface area (TPSA) is 70.0 Å². The first kappa shape index (κ1) is 20.2. The summed E-state index contributed by atoms with van der Waals surface area (Å²) in [6.45, 7) is 3.14. The van der Waals surface area contributed by atoms with Gasteiger partial charge in [-0.25, -0.2) is 0 Å². The van der Waals surface area contributed by atoms with E-state index in [-0.39, 0.29) is 5.78 Å². The summed E-state index contributed by atoms with van der Waals surface area (Å²) in [5.41, 5.74) is -0.752. The van der Waals surface area contributed by atoms with Crippen LogP contribution in [0.15, 0.2) is 48.5 Å². The molecule has 0 aliphatic rings. The molecule has 4 nitrogen and oxygen atoms in total. The number of benzene rings is 2. The number of hydrogen-bond acceptors (Lipinski definition) is 3. The number of carbonyl (C=O) groups excluding carboxylic acids is 2. The first-order valence-electron chi connectivity index (χ1n) is 8.16. The molecule has 0 radical (unpaired) electrons. The van der Waals surface area contributed by atoms with Gasteiger partial charge in [-0.2, -0.15) is 18.4 Å². The maximum atomic E-state index is 13.1. The minimum atomic E-state index is -4.65. The highest BCUT2D eigenvalue weighted by Gasteiger charge is 2.35. The van der Waals surface area contributed by atoms with Crippen LogP contribution in [0.4, 0.5) is 13.2 Å². The van der Waals surface area contributed by atoms with Gasteiger partial charge in [0.05, 0.1) is 22.8 Å². The zero-order valence-electron chi connectivity index (χ0n) is 14.7. The highest BCUT2D eigenvalue weighted by Crippen LogP contribution is 2.31. The van der Waals surface area contributed by atoms with E-state index in [1.807, 2.05) is 6.07 Å². The summed E-state index contributed by atoms with van der Waals surface area (Å²) in [5, 5.41) is 11.3. The molecule has 0 saturated heterocycles. The fraction of sp³-hybridized carbons (Fsp3) is 0.250. The summed E-state index contributed by atoms with van der Waals surface area (Å²) in [6, 6.07) is 11.8. The standard InChI is InChI=1S/C20H17F3N2O2/c1-12(18(26)15-9-7-14(11-24)8-10-15)13(2)25-19(27)16-5-3-4-6-17(16)20(21,22)23/h3-10,12-13H,1-2H3,(H,25,27). The molecule has 1 amide bonds. The monoisotopic (exact) mass is 374 g/mol. The predicted molar refractivity (Wildman–Crippen MR) is 93.0 cm³/mol. The van der Waals surface area contributed by atoms with Crippen LogP contribution in [0, 0.1) is 17.2 Å². The molecule has 0 bridgehead atoms. The first-order valence-corrected chi connectivity index (χ1v) is 8.16. The summed E-state index contributed by atoms with van der Waals surface area (Å²) in [4.78, 5) is 24.8. The molecule has 0 aliphatic heterocycles. The number of nitriles is 1. The highest BCUT2D eigenvalue weighted by atomic mass is 19.4. The average Bonchev–Trinajstić information content (AvgIpc) is 2.66. The molecular formula is C20H17F3N2O2. The third-order valence-electron chi connectivity index (χ3n) is 4.30. The Morgan fingerprint density at radius 2 is 1.63 bits per heavy atom. The third-order valence-corrected chi connectivity index (χ3v) is 4.30. The van der Waals surface area contributed by atoms with Crippen molar-refractivity contribution in [3.05, 3.63) is 70.8 Å². The number of Topliss-reactive ketones (excluding diaryl/α,β-unsaturated/α-hetero) is 1. The quantitative estimate of drug-likeness (QED) is 0.797. The lowest BCUT2D eigenvalue weighted by atomic mass is 9.92. The predicted octanol–water partition coefficient (Wildman–Crippen LogP) is 4.21. The first-order chi connectivity index (χ1) is 12.6. The summed E-state index contributed by atoms with van der Waals surface area (Å²) in [5.74, 6) is -1.84. The average molecular weight is 374 g/mol. The Morgan fingerprint density at radius 3 is 2.19 bits per heavy atom. The number of hydrogen-bond donors (Lipinski definition) is 1. The van der Waals surface area contributed by atoms with Crippen LogP contribution in [0.2, 0.25) is 0 Å². The minimum absolute atomic E-state index is 0.281. The lowest BCUT2D eigenvalue weighted by molar-refractivity contribution is -0.137. The Bertz CT molecular complexity index is 883. The van der Waals surface area contributed by atoms with Gasteiger partial charge in [0.25, 0.3) is 5.91 Å². The van der Waals surface area contributed by atoms with Gasteiger partial charge in [0.1, 0.15) is 0 Å². The fourth-order valence-corrected chi connectivity index (χ4v) is 2.54. The molecule has 1 N–H and O–H groups in total. The number of rotatable bonds is 5. The van der Waals surface area contributed by atoms with E-state index in [0.717, 1.165) is 12.1 Å². The SMILES string of the molecule is CC(NC(=O)c1ccccc1C(F)(F)F)C(C)C(=O)c1ccc(C#N)cc1. The number of nitrogens with one attached hydrogen (secondary N) is 1. The van der Waals surface area contributed by atoms with E-state index in [0.29, 0.717) is 11.1 Å². The van der Waals surface area contributed by atoms with Crippen LogP contribution in [0.1, 0.15) is 45.7 Å². The Hall–Kier alpha value is -3.14. The van der Waals surface area contributed by atoms with Crippen molar-refractivity contribution < 1.29 is 22.8 Å². The lowest BCUT2D eigenvalue weighted by Crippen LogP contribution is -2.40. The molecule has 140 valence electrons. The van der Waals surface area contributed by atoms with Crippen molar-refractivity contribution in [1.82, 2.24) is 5.32 Å². The van der Waals surface area contributed by atoms with Crippen molar-refractivity contribution in [3.8, 4) is 6.07 Å². The van der Waals surface area contributed by atoms with Crippen LogP contribution in [0.25, 0.3) is 0 Å². The molecule has 0 aromatic heterocycles. The Morgan fingerprint density at radius 1 is 1.04 bits per heavy atom. The van der Waals surface area contributed by atoms with Gasteiger partial charge >= 0.3 is 6.18 Å². The van der Waals surface area contributed by atoms with E-state index < -0.39 is 35.2 Å². The van der Waals surface area contributed by atoms with Crippen LogP contribution in [0.3, 0.4) is 0 Å². The largest absolute Gasteiger partial charge is 0.417 e. The molecule has 0 spiro atoms. The molecule has 2 atom stereocenters. The second-order valence-electron chi connectivity index (χ2n) is 6.15. The maximum Gasteiger partial charge on any atom is 0.417 e. The number of ketones is 1. The molecule has 2 rings (SSSR count). The van der Waals surface area contributed by atoms with E-state index in [4.69, 9.17) is 5.26 Å². The molecule has 2 aromatic rings. The molecule has 27 heavy (non-hydrogen) atoms. The van der Waals surface area contributed by atoms with E-state index >= 15 is 0 Å². The molecular weight excluding hydrogens is 357 g/mol.